The van der Waals surface area contributed by atoms with Crippen molar-refractivity contribution in [1.29, 1.82) is 10.8 Å². The summed E-state index contributed by atoms with van der Waals surface area (Å²) < 4.78 is 5.88. The molecule has 9 N–H and O–H groups in total. The number of hydrogen-bond donors (Lipinski definition) is 9. The molecule has 216 valence electrons. The highest BCUT2D eigenvalue weighted by Crippen LogP contribution is 2.44. The molecule has 3 fully saturated rings. The molecule has 0 saturated carbocycles. The largest absolute Gasteiger partial charge is 0.492 e. The van der Waals surface area contributed by atoms with E-state index < -0.39 is 41.4 Å². The standard InChI is InChI=1S/C26H32N10O5/c1-24(2)6-9-41-18-13(4-3-5-14(18)24)20(37)33-17-12-36-23(28)32-15(11-31-21(38)16-10-29-7-8-30-16)19-25(36,26(17,39)40)35-22(27)34-19/h3-5,7-8,10,15,17,19,39-40H,6,9,11-12H2,1-2H3,(H2,28,32)(H,31,38)(H,33,37)(H3,27,34,35)/t15-,17-,19-,25-/m0/s1. The summed E-state index contributed by atoms with van der Waals surface area (Å²) in [6.45, 7) is 4.41. The quantitative estimate of drug-likeness (QED) is 0.184. The molecule has 5 heterocycles. The van der Waals surface area contributed by atoms with Gasteiger partial charge in [-0.05, 0) is 17.9 Å². The highest BCUT2D eigenvalue weighted by Gasteiger charge is 2.74. The predicted molar refractivity (Wildman–Crippen MR) is 144 cm³/mol. The van der Waals surface area contributed by atoms with Crippen LogP contribution >= 0.6 is 0 Å². The third-order valence-electron chi connectivity index (χ3n) is 8.44. The fourth-order valence-corrected chi connectivity index (χ4v) is 6.24. The number of aromatic nitrogens is 2. The van der Waals surface area contributed by atoms with Crippen LogP contribution < -0.4 is 31.3 Å². The molecular formula is C26H32N10O5. The van der Waals surface area contributed by atoms with Gasteiger partial charge >= 0.3 is 0 Å². The van der Waals surface area contributed by atoms with Gasteiger partial charge in [0.2, 0.25) is 5.79 Å². The molecule has 4 aliphatic heterocycles. The van der Waals surface area contributed by atoms with Gasteiger partial charge in [0.25, 0.3) is 11.8 Å². The van der Waals surface area contributed by atoms with E-state index in [0.29, 0.717) is 12.4 Å². The number of para-hydroxylation sites is 1. The van der Waals surface area contributed by atoms with E-state index in [1.54, 1.807) is 12.1 Å². The Labute approximate surface area is 235 Å². The number of benzene rings is 1. The van der Waals surface area contributed by atoms with Crippen LogP contribution in [0.5, 0.6) is 5.75 Å². The number of amides is 2. The van der Waals surface area contributed by atoms with Crippen molar-refractivity contribution in [3.05, 3.63) is 53.6 Å². The third-order valence-corrected chi connectivity index (χ3v) is 8.44. The molecule has 1 aromatic heterocycles. The van der Waals surface area contributed by atoms with Gasteiger partial charge in [0, 0.05) is 31.0 Å². The lowest BCUT2D eigenvalue weighted by atomic mass is 9.79. The molecule has 2 amide bonds. The molecule has 41 heavy (non-hydrogen) atoms. The Morgan fingerprint density at radius 2 is 2.00 bits per heavy atom. The van der Waals surface area contributed by atoms with Crippen molar-refractivity contribution in [3.8, 4) is 5.75 Å². The average Bonchev–Trinajstić information content (AvgIpc) is 3.41. The number of carbonyl (C=O) groups excluding carboxylic acids is 2. The molecule has 6 rings (SSSR count). The molecule has 4 atom stereocenters. The highest BCUT2D eigenvalue weighted by atomic mass is 16.5. The number of hydrogen-bond acceptors (Lipinski definition) is 9. The molecule has 0 unspecified atom stereocenters. The average molecular weight is 565 g/mol. The minimum absolute atomic E-state index is 0.0453. The summed E-state index contributed by atoms with van der Waals surface area (Å²) in [5.41, 5.74) is -0.739. The normalized spacial score (nSPS) is 28.6. The smallest absolute Gasteiger partial charge is 0.271 e. The van der Waals surface area contributed by atoms with Gasteiger partial charge in [-0.2, -0.15) is 0 Å². The van der Waals surface area contributed by atoms with Crippen molar-refractivity contribution < 1.29 is 24.5 Å². The number of rotatable bonds is 5. The van der Waals surface area contributed by atoms with Crippen LogP contribution in [-0.2, 0) is 5.41 Å². The Hall–Kier alpha value is -4.50. The molecule has 0 aliphatic carbocycles. The minimum atomic E-state index is -2.65. The second-order valence-electron chi connectivity index (χ2n) is 11.3. The first kappa shape index (κ1) is 26.7. The maximum Gasteiger partial charge on any atom is 0.271 e. The molecule has 2 aromatic rings. The van der Waals surface area contributed by atoms with Crippen LogP contribution in [0.25, 0.3) is 0 Å². The van der Waals surface area contributed by atoms with Crippen LogP contribution in [0.2, 0.25) is 0 Å². The van der Waals surface area contributed by atoms with Crippen molar-refractivity contribution in [2.24, 2.45) is 0 Å². The number of aliphatic hydroxyl groups is 2. The Morgan fingerprint density at radius 3 is 2.76 bits per heavy atom. The van der Waals surface area contributed by atoms with Crippen molar-refractivity contribution in [2.45, 2.75) is 55.3 Å². The molecule has 15 heteroatoms. The van der Waals surface area contributed by atoms with Gasteiger partial charge < -0.3 is 46.4 Å². The van der Waals surface area contributed by atoms with E-state index in [2.05, 4.69) is 50.4 Å². The first-order valence-corrected chi connectivity index (χ1v) is 13.3. The van der Waals surface area contributed by atoms with E-state index in [4.69, 9.17) is 15.6 Å². The molecule has 0 radical (unpaired) electrons. The van der Waals surface area contributed by atoms with Gasteiger partial charge in [-0.15, -0.1) is 0 Å². The van der Waals surface area contributed by atoms with Gasteiger partial charge in [0.1, 0.15) is 17.5 Å². The zero-order valence-corrected chi connectivity index (χ0v) is 22.5. The van der Waals surface area contributed by atoms with Crippen LogP contribution in [-0.4, -0.2) is 98.1 Å². The monoisotopic (exact) mass is 564 g/mol. The lowest BCUT2D eigenvalue weighted by Crippen LogP contribution is -2.81. The summed E-state index contributed by atoms with van der Waals surface area (Å²) in [7, 11) is 0. The van der Waals surface area contributed by atoms with E-state index in [0.717, 1.165) is 12.0 Å². The number of nitrogens with one attached hydrogen (secondary N) is 7. The first-order valence-electron chi connectivity index (χ1n) is 13.3. The third kappa shape index (κ3) is 4.02. The van der Waals surface area contributed by atoms with Gasteiger partial charge in [-0.25, -0.2) is 4.98 Å². The Bertz CT molecular complexity index is 1430. The first-order chi connectivity index (χ1) is 19.5. The summed E-state index contributed by atoms with van der Waals surface area (Å²) >= 11 is 0. The second-order valence-corrected chi connectivity index (χ2v) is 11.3. The summed E-state index contributed by atoms with van der Waals surface area (Å²) in [6.07, 6.45) is 4.93. The Balaban J connectivity index is 1.26. The van der Waals surface area contributed by atoms with E-state index in [1.165, 1.54) is 23.5 Å². The molecule has 1 spiro atoms. The fraction of sp³-hybridized carbons (Fsp3) is 0.462. The van der Waals surface area contributed by atoms with Crippen LogP contribution in [0.1, 0.15) is 46.7 Å². The van der Waals surface area contributed by atoms with Crippen molar-refractivity contribution in [3.63, 3.8) is 0 Å². The van der Waals surface area contributed by atoms with E-state index >= 15 is 0 Å². The number of ether oxygens (including phenoxy) is 1. The fourth-order valence-electron chi connectivity index (χ4n) is 6.24. The molecule has 1 aromatic carbocycles. The van der Waals surface area contributed by atoms with Crippen LogP contribution in [0.15, 0.2) is 36.8 Å². The zero-order chi connectivity index (χ0) is 29.2. The summed E-state index contributed by atoms with van der Waals surface area (Å²) in [4.78, 5) is 35.4. The molecule has 0 bridgehead atoms. The molecule has 4 aliphatic rings. The van der Waals surface area contributed by atoms with Gasteiger partial charge in [0.15, 0.2) is 17.6 Å². The maximum absolute atomic E-state index is 13.6. The Morgan fingerprint density at radius 1 is 1.20 bits per heavy atom. The number of fused-ring (bicyclic) bond motifs is 1. The van der Waals surface area contributed by atoms with E-state index in [1.807, 2.05) is 6.07 Å². The molecule has 3 saturated heterocycles. The van der Waals surface area contributed by atoms with Gasteiger partial charge in [-0.3, -0.25) is 25.4 Å². The lowest BCUT2D eigenvalue weighted by molar-refractivity contribution is -0.232. The van der Waals surface area contributed by atoms with Gasteiger partial charge in [0.05, 0.1) is 30.5 Å². The van der Waals surface area contributed by atoms with Crippen molar-refractivity contribution in [1.82, 2.24) is 41.5 Å². The van der Waals surface area contributed by atoms with Gasteiger partial charge in [-0.1, -0.05) is 26.0 Å². The maximum atomic E-state index is 13.6. The van der Waals surface area contributed by atoms with E-state index in [9.17, 15) is 19.8 Å². The van der Waals surface area contributed by atoms with E-state index in [-0.39, 0.29) is 41.7 Å². The number of carbonyl (C=O) groups is 2. The summed E-state index contributed by atoms with van der Waals surface area (Å²) in [5, 5.41) is 54.5. The van der Waals surface area contributed by atoms with Crippen LogP contribution in [0.3, 0.4) is 0 Å². The summed E-state index contributed by atoms with van der Waals surface area (Å²) in [6, 6.07) is 2.39. The van der Waals surface area contributed by atoms with Crippen molar-refractivity contribution >= 4 is 23.7 Å². The number of nitrogens with zero attached hydrogens (tertiary/aromatic N) is 3. The summed E-state index contributed by atoms with van der Waals surface area (Å²) in [5.74, 6) is -3.62. The van der Waals surface area contributed by atoms with Crippen molar-refractivity contribution in [2.75, 3.05) is 19.7 Å². The topological polar surface area (TPSA) is 221 Å². The zero-order valence-electron chi connectivity index (χ0n) is 22.5. The van der Waals surface area contributed by atoms with Crippen LogP contribution in [0.4, 0.5) is 0 Å². The SMILES string of the molecule is CC1(C)CCOc2c(C(=O)N[C@H]3CN4C(=N)N[C@@H](CNC(=O)c5cnccn5)[C@@H]5NC(=N)N[C@@]54C3(O)O)cccc21. The molecule has 15 nitrogen and oxygen atoms in total. The van der Waals surface area contributed by atoms with Crippen LogP contribution in [0, 0.1) is 10.8 Å². The minimum Gasteiger partial charge on any atom is -0.492 e. The Kier molecular flexibility index (Phi) is 6.04. The number of guanidine groups is 2. The second kappa shape index (κ2) is 9.27. The predicted octanol–water partition coefficient (Wildman–Crippen LogP) is -1.84. The lowest BCUT2D eigenvalue weighted by Gasteiger charge is -2.51. The molecular weight excluding hydrogens is 532 g/mol. The highest BCUT2D eigenvalue weighted by molar-refractivity contribution is 5.98.